The molecule has 6 heteroatoms. The predicted octanol–water partition coefficient (Wildman–Crippen LogP) is 2.50. The molecule has 0 bridgehead atoms. The molecule has 2 rings (SSSR count). The van der Waals surface area contributed by atoms with E-state index in [4.69, 9.17) is 15.0 Å². The largest absolute Gasteiger partial charge is 0.491 e. The number of pyridine rings is 1. The molecule has 0 unspecified atom stereocenters. The Bertz CT molecular complexity index is 557. The molecule has 114 valence electrons. The van der Waals surface area contributed by atoms with E-state index in [1.54, 1.807) is 0 Å². The van der Waals surface area contributed by atoms with Crippen molar-refractivity contribution in [3.05, 3.63) is 34.8 Å². The van der Waals surface area contributed by atoms with Gasteiger partial charge in [0.2, 0.25) is 5.95 Å². The van der Waals surface area contributed by atoms with Crippen LogP contribution in [0.2, 0.25) is 0 Å². The maximum absolute atomic E-state index is 13.1. The quantitative estimate of drug-likeness (QED) is 0.687. The molecular formula is C15H22BFN2O2. The Morgan fingerprint density at radius 3 is 2.38 bits per heavy atom. The summed E-state index contributed by atoms with van der Waals surface area (Å²) >= 11 is 0. The Balaban J connectivity index is 2.31. The molecule has 1 aliphatic heterocycles. The summed E-state index contributed by atoms with van der Waals surface area (Å²) in [6.07, 6.45) is 3.36. The Morgan fingerprint density at radius 2 is 1.90 bits per heavy atom. The maximum atomic E-state index is 13.1. The van der Waals surface area contributed by atoms with E-state index in [1.807, 2.05) is 40.7 Å². The SMILES string of the molecule is Cc1cc(F)ncc1C=C(CN)B1OC(C)(C)C(C)(C)O1. The van der Waals surface area contributed by atoms with Crippen LogP contribution < -0.4 is 5.73 Å². The van der Waals surface area contributed by atoms with E-state index < -0.39 is 24.3 Å². The number of nitrogens with zero attached hydrogens (tertiary/aromatic N) is 1. The number of rotatable bonds is 3. The van der Waals surface area contributed by atoms with Crippen molar-refractivity contribution in [2.75, 3.05) is 6.54 Å². The second kappa shape index (κ2) is 5.52. The summed E-state index contributed by atoms with van der Waals surface area (Å²) in [5.41, 5.74) is 7.42. The van der Waals surface area contributed by atoms with Crippen LogP contribution in [0.3, 0.4) is 0 Å². The van der Waals surface area contributed by atoms with Crippen LogP contribution in [-0.2, 0) is 9.31 Å². The van der Waals surface area contributed by atoms with Crippen molar-refractivity contribution in [2.24, 2.45) is 5.73 Å². The number of halogens is 1. The molecule has 0 saturated carbocycles. The van der Waals surface area contributed by atoms with Crippen molar-refractivity contribution in [3.8, 4) is 0 Å². The van der Waals surface area contributed by atoms with Crippen LogP contribution >= 0.6 is 0 Å². The first kappa shape index (κ1) is 16.1. The van der Waals surface area contributed by atoms with Gasteiger partial charge in [-0.05, 0) is 57.3 Å². The van der Waals surface area contributed by atoms with Gasteiger partial charge < -0.3 is 15.0 Å². The van der Waals surface area contributed by atoms with Crippen LogP contribution in [0.15, 0.2) is 17.7 Å². The van der Waals surface area contributed by atoms with Crippen molar-refractivity contribution in [1.29, 1.82) is 0 Å². The van der Waals surface area contributed by atoms with Gasteiger partial charge in [0.25, 0.3) is 0 Å². The monoisotopic (exact) mass is 292 g/mol. The summed E-state index contributed by atoms with van der Waals surface area (Å²) < 4.78 is 25.0. The minimum absolute atomic E-state index is 0.299. The van der Waals surface area contributed by atoms with Gasteiger partial charge in [-0.2, -0.15) is 4.39 Å². The second-order valence-electron chi connectivity index (χ2n) is 6.38. The molecule has 0 amide bonds. The second-order valence-corrected chi connectivity index (χ2v) is 6.38. The lowest BCUT2D eigenvalue weighted by molar-refractivity contribution is 0.00578. The molecule has 2 N–H and O–H groups in total. The predicted molar refractivity (Wildman–Crippen MR) is 82.0 cm³/mol. The number of aromatic nitrogens is 1. The maximum Gasteiger partial charge on any atom is 0.491 e. The Kier molecular flexibility index (Phi) is 4.24. The lowest BCUT2D eigenvalue weighted by Gasteiger charge is -2.32. The Labute approximate surface area is 125 Å². The fourth-order valence-corrected chi connectivity index (χ4v) is 2.10. The van der Waals surface area contributed by atoms with Crippen LogP contribution in [0.5, 0.6) is 0 Å². The van der Waals surface area contributed by atoms with Crippen LogP contribution in [0, 0.1) is 12.9 Å². The first-order valence-electron chi connectivity index (χ1n) is 7.04. The fraction of sp³-hybridized carbons (Fsp3) is 0.533. The van der Waals surface area contributed by atoms with Crippen LogP contribution in [-0.4, -0.2) is 29.8 Å². The number of nitrogens with two attached hydrogens (primary N) is 1. The molecule has 4 nitrogen and oxygen atoms in total. The molecule has 1 aromatic heterocycles. The first-order valence-corrected chi connectivity index (χ1v) is 7.04. The van der Waals surface area contributed by atoms with Gasteiger partial charge >= 0.3 is 7.12 Å². The van der Waals surface area contributed by atoms with Gasteiger partial charge in [0, 0.05) is 12.7 Å². The van der Waals surface area contributed by atoms with E-state index in [1.165, 1.54) is 12.3 Å². The molecule has 1 saturated heterocycles. The van der Waals surface area contributed by atoms with Gasteiger partial charge in [0.1, 0.15) is 0 Å². The molecule has 0 atom stereocenters. The van der Waals surface area contributed by atoms with Crippen molar-refractivity contribution in [3.63, 3.8) is 0 Å². The normalized spacial score (nSPS) is 20.9. The lowest BCUT2D eigenvalue weighted by atomic mass is 9.77. The molecule has 1 fully saturated rings. The zero-order valence-electron chi connectivity index (χ0n) is 13.2. The summed E-state index contributed by atoms with van der Waals surface area (Å²) in [6, 6.07) is 1.39. The lowest BCUT2D eigenvalue weighted by Crippen LogP contribution is -2.41. The van der Waals surface area contributed by atoms with E-state index in [0.717, 1.165) is 16.6 Å². The van der Waals surface area contributed by atoms with Crippen molar-refractivity contribution < 1.29 is 13.7 Å². The van der Waals surface area contributed by atoms with Crippen molar-refractivity contribution in [1.82, 2.24) is 4.98 Å². The van der Waals surface area contributed by atoms with Gasteiger partial charge in [-0.1, -0.05) is 6.08 Å². The summed E-state index contributed by atoms with van der Waals surface area (Å²) in [6.45, 7) is 10.1. The fourth-order valence-electron chi connectivity index (χ4n) is 2.10. The van der Waals surface area contributed by atoms with Crippen LogP contribution in [0.4, 0.5) is 4.39 Å². The summed E-state index contributed by atoms with van der Waals surface area (Å²) in [5.74, 6) is -0.491. The topological polar surface area (TPSA) is 57.4 Å². The highest BCUT2D eigenvalue weighted by molar-refractivity contribution is 6.55. The van der Waals surface area contributed by atoms with Gasteiger partial charge in [0.15, 0.2) is 0 Å². The smallest absolute Gasteiger partial charge is 0.400 e. The van der Waals surface area contributed by atoms with E-state index in [2.05, 4.69) is 4.98 Å². The van der Waals surface area contributed by atoms with E-state index >= 15 is 0 Å². The number of hydrogen-bond donors (Lipinski definition) is 1. The van der Waals surface area contributed by atoms with Crippen LogP contribution in [0.1, 0.15) is 38.8 Å². The summed E-state index contributed by atoms with van der Waals surface area (Å²) in [7, 11) is -0.496. The number of hydrogen-bond acceptors (Lipinski definition) is 4. The Morgan fingerprint density at radius 1 is 1.33 bits per heavy atom. The third-order valence-electron chi connectivity index (χ3n) is 4.25. The van der Waals surface area contributed by atoms with Gasteiger partial charge in [-0.3, -0.25) is 0 Å². The minimum atomic E-state index is -0.496. The Hall–Kier alpha value is -1.24. The summed E-state index contributed by atoms with van der Waals surface area (Å²) in [4.78, 5) is 3.68. The molecule has 0 spiro atoms. The first-order chi connectivity index (χ1) is 9.66. The highest BCUT2D eigenvalue weighted by Gasteiger charge is 2.52. The van der Waals surface area contributed by atoms with Gasteiger partial charge in [-0.15, -0.1) is 0 Å². The van der Waals surface area contributed by atoms with Gasteiger partial charge in [-0.25, -0.2) is 4.98 Å². The molecular weight excluding hydrogens is 270 g/mol. The highest BCUT2D eigenvalue weighted by Crippen LogP contribution is 2.38. The van der Waals surface area contributed by atoms with Crippen LogP contribution in [0.25, 0.3) is 6.08 Å². The van der Waals surface area contributed by atoms with E-state index in [9.17, 15) is 4.39 Å². The van der Waals surface area contributed by atoms with E-state index in [0.29, 0.717) is 6.54 Å². The van der Waals surface area contributed by atoms with Crippen molar-refractivity contribution in [2.45, 2.75) is 45.8 Å². The van der Waals surface area contributed by atoms with Crippen molar-refractivity contribution >= 4 is 13.2 Å². The number of aryl methyl sites for hydroxylation is 1. The molecule has 2 heterocycles. The summed E-state index contributed by atoms with van der Waals surface area (Å²) in [5, 5.41) is 0. The van der Waals surface area contributed by atoms with Gasteiger partial charge in [0.05, 0.1) is 11.2 Å². The molecule has 0 radical (unpaired) electrons. The average molecular weight is 292 g/mol. The molecule has 0 aliphatic carbocycles. The highest BCUT2D eigenvalue weighted by atomic mass is 19.1. The standard InChI is InChI=1S/C15H22BFN2O2/c1-10-6-13(17)19-9-11(10)7-12(8-18)16-20-14(2,3)15(4,5)21-16/h6-7,9H,8,18H2,1-5H3. The minimum Gasteiger partial charge on any atom is -0.400 e. The average Bonchev–Trinajstić information content (AvgIpc) is 2.57. The third-order valence-corrected chi connectivity index (χ3v) is 4.25. The third kappa shape index (κ3) is 3.17. The molecule has 1 aliphatic rings. The molecule has 1 aromatic rings. The zero-order valence-corrected chi connectivity index (χ0v) is 13.2. The zero-order chi connectivity index (χ0) is 15.8. The van der Waals surface area contributed by atoms with E-state index in [-0.39, 0.29) is 0 Å². The molecule has 21 heavy (non-hydrogen) atoms. The molecule has 0 aromatic carbocycles.